The monoisotopic (exact) mass is 303 g/mol. The van der Waals surface area contributed by atoms with Gasteiger partial charge in [-0.3, -0.25) is 0 Å². The van der Waals surface area contributed by atoms with Crippen LogP contribution in [0.3, 0.4) is 0 Å². The molecule has 0 aliphatic carbocycles. The zero-order valence-electron chi connectivity index (χ0n) is 10.7. The highest BCUT2D eigenvalue weighted by molar-refractivity contribution is 8.00. The molecule has 0 fully saturated rings. The molecule has 1 aliphatic rings. The molecule has 20 heavy (non-hydrogen) atoms. The number of halogens is 2. The van der Waals surface area contributed by atoms with E-state index in [0.717, 1.165) is 6.07 Å². The fourth-order valence-electron chi connectivity index (χ4n) is 1.68. The van der Waals surface area contributed by atoms with Crippen LogP contribution in [0.5, 0.6) is 11.5 Å². The first-order valence-corrected chi connectivity index (χ1v) is 6.30. The number of alkyl halides is 2. The molecule has 1 atom stereocenters. The summed E-state index contributed by atoms with van der Waals surface area (Å²) in [6, 6.07) is 2.22. The minimum Gasteiger partial charge on any atom is -0.495 e. The Hall–Kier alpha value is -1.03. The van der Waals surface area contributed by atoms with Crippen molar-refractivity contribution in [2.45, 2.75) is 28.5 Å². The molecule has 1 aromatic carbocycles. The molecule has 108 valence electrons. The first-order valence-electron chi connectivity index (χ1n) is 5.49. The first-order chi connectivity index (χ1) is 8.98. The van der Waals surface area contributed by atoms with Crippen LogP contribution in [0, 0.1) is 0 Å². The third-order valence-electron chi connectivity index (χ3n) is 2.84. The van der Waals surface area contributed by atoms with Crippen LogP contribution in [-0.4, -0.2) is 36.0 Å². The zero-order chi connectivity index (χ0) is 15.3. The van der Waals surface area contributed by atoms with Crippen molar-refractivity contribution in [3.63, 3.8) is 0 Å². The Balaban J connectivity index is 2.56. The number of thioether (sulfide) groups is 1. The molecule has 0 amide bonds. The van der Waals surface area contributed by atoms with Gasteiger partial charge in [-0.05, 0) is 12.1 Å². The quantitative estimate of drug-likeness (QED) is 0.563. The van der Waals surface area contributed by atoms with Gasteiger partial charge in [0.15, 0.2) is 5.79 Å². The Morgan fingerprint density at radius 1 is 1.45 bits per heavy atom. The van der Waals surface area contributed by atoms with Crippen LogP contribution < -0.4 is 15.2 Å². The van der Waals surface area contributed by atoms with Crippen molar-refractivity contribution in [3.8, 4) is 11.5 Å². The van der Waals surface area contributed by atoms with Gasteiger partial charge in [0.2, 0.25) is 0 Å². The van der Waals surface area contributed by atoms with E-state index in [9.17, 15) is 19.0 Å². The van der Waals surface area contributed by atoms with E-state index in [0.29, 0.717) is 0 Å². The maximum absolute atomic E-state index is 13.2. The maximum atomic E-state index is 13.2. The number of fused-ring (bicyclic) bond motifs is 1. The summed E-state index contributed by atoms with van der Waals surface area (Å²) in [6.07, 6.45) is 0. The van der Waals surface area contributed by atoms with E-state index in [2.05, 4.69) is 4.74 Å². The number of benzene rings is 1. The largest absolute Gasteiger partial charge is 0.495 e. The maximum Gasteiger partial charge on any atom is 0.457 e. The van der Waals surface area contributed by atoms with E-state index in [-0.39, 0.29) is 33.7 Å². The molecule has 2 radical (unpaired) electrons. The summed E-state index contributed by atoms with van der Waals surface area (Å²) < 4.78 is 35.8. The minimum absolute atomic E-state index is 0.0106. The van der Waals surface area contributed by atoms with E-state index < -0.39 is 16.7 Å². The number of nitrogens with two attached hydrogens (primary N) is 1. The van der Waals surface area contributed by atoms with Crippen molar-refractivity contribution >= 4 is 19.6 Å². The number of hydrogen-bond donors (Lipinski definition) is 3. The van der Waals surface area contributed by atoms with Crippen molar-refractivity contribution in [1.82, 2.24) is 0 Å². The van der Waals surface area contributed by atoms with E-state index in [1.807, 2.05) is 0 Å². The summed E-state index contributed by atoms with van der Waals surface area (Å²) in [5.74, 6) is -2.87. The smallest absolute Gasteiger partial charge is 0.457 e. The van der Waals surface area contributed by atoms with E-state index in [1.165, 1.54) is 20.1 Å². The third kappa shape index (κ3) is 2.46. The van der Waals surface area contributed by atoms with Crippen molar-refractivity contribution in [2.24, 2.45) is 5.73 Å². The average molecular weight is 303 g/mol. The summed E-state index contributed by atoms with van der Waals surface area (Å²) in [6.45, 7) is 1.18. The summed E-state index contributed by atoms with van der Waals surface area (Å²) in [7, 11) is 6.74. The Morgan fingerprint density at radius 2 is 2.05 bits per heavy atom. The predicted molar refractivity (Wildman–Crippen MR) is 68.9 cm³/mol. The molecular weight excluding hydrogens is 291 g/mol. The zero-order valence-corrected chi connectivity index (χ0v) is 11.5. The third-order valence-corrected chi connectivity index (χ3v) is 3.77. The Kier molecular flexibility index (Phi) is 3.45. The van der Waals surface area contributed by atoms with Gasteiger partial charge in [0.05, 0.1) is 7.11 Å². The lowest BCUT2D eigenvalue weighted by atomic mass is 9.71. The second kappa shape index (κ2) is 4.49. The van der Waals surface area contributed by atoms with Crippen molar-refractivity contribution < 1.29 is 28.5 Å². The van der Waals surface area contributed by atoms with Gasteiger partial charge in [0.25, 0.3) is 0 Å². The molecular formula is C11H12BF2NO4S. The molecule has 4 N–H and O–H groups in total. The SMILES string of the molecule is [B]C(C)(N)C(O)(O)c1cc(OC)c2c(c1)OC(F)(F)S2. The number of ether oxygens (including phenoxy) is 2. The highest BCUT2D eigenvalue weighted by Crippen LogP contribution is 2.54. The van der Waals surface area contributed by atoms with Gasteiger partial charge in [-0.2, -0.15) is 8.78 Å². The molecule has 1 unspecified atom stereocenters. The van der Waals surface area contributed by atoms with Crippen molar-refractivity contribution in [2.75, 3.05) is 7.11 Å². The van der Waals surface area contributed by atoms with Crippen LogP contribution in [0.2, 0.25) is 0 Å². The van der Waals surface area contributed by atoms with Crippen LogP contribution >= 0.6 is 11.8 Å². The highest BCUT2D eigenvalue weighted by Gasteiger charge is 2.46. The van der Waals surface area contributed by atoms with Crippen molar-refractivity contribution in [1.29, 1.82) is 0 Å². The summed E-state index contributed by atoms with van der Waals surface area (Å²) in [5, 5.41) is 20.0. The lowest BCUT2D eigenvalue weighted by Crippen LogP contribution is -2.57. The van der Waals surface area contributed by atoms with Gasteiger partial charge in [0.1, 0.15) is 24.2 Å². The molecule has 0 spiro atoms. The molecule has 1 aromatic rings. The van der Waals surface area contributed by atoms with Gasteiger partial charge < -0.3 is 25.4 Å². The van der Waals surface area contributed by atoms with Crippen LogP contribution in [0.25, 0.3) is 0 Å². The van der Waals surface area contributed by atoms with Gasteiger partial charge in [-0.15, -0.1) is 0 Å². The van der Waals surface area contributed by atoms with Crippen molar-refractivity contribution in [3.05, 3.63) is 17.7 Å². The van der Waals surface area contributed by atoms with Gasteiger partial charge in [0, 0.05) is 22.8 Å². The van der Waals surface area contributed by atoms with E-state index >= 15 is 0 Å². The van der Waals surface area contributed by atoms with Crippen LogP contribution in [0.1, 0.15) is 12.5 Å². The second-order valence-electron chi connectivity index (χ2n) is 4.63. The molecule has 5 nitrogen and oxygen atoms in total. The van der Waals surface area contributed by atoms with Crippen LogP contribution in [-0.2, 0) is 5.79 Å². The number of hydrogen-bond acceptors (Lipinski definition) is 6. The van der Waals surface area contributed by atoms with Gasteiger partial charge in [-0.1, -0.05) is 6.92 Å². The normalized spacial score (nSPS) is 19.9. The first kappa shape index (κ1) is 15.4. The molecule has 0 bridgehead atoms. The fourth-order valence-corrected chi connectivity index (χ4v) is 2.50. The lowest BCUT2D eigenvalue weighted by molar-refractivity contribution is -0.194. The number of aliphatic hydroxyl groups is 2. The Bertz CT molecular complexity index is 548. The number of methoxy groups -OCH3 is 1. The van der Waals surface area contributed by atoms with E-state index in [4.69, 9.17) is 18.3 Å². The summed E-state index contributed by atoms with van der Waals surface area (Å²) in [4.78, 5) is 0.0628. The summed E-state index contributed by atoms with van der Waals surface area (Å²) >= 11 is 0.165. The lowest BCUT2D eigenvalue weighted by Gasteiger charge is -2.36. The molecule has 9 heteroatoms. The van der Waals surface area contributed by atoms with E-state index in [1.54, 1.807) is 0 Å². The minimum atomic E-state index is -3.45. The van der Waals surface area contributed by atoms with Gasteiger partial charge >= 0.3 is 5.44 Å². The molecule has 1 heterocycles. The standard InChI is InChI=1S/C11H12BF2NO4S/c1-9(12,15)10(16,17)5-3-6(18-2)8-7(4-5)19-11(13,14)20-8/h3-4,16-17H,15H2,1-2H3. The van der Waals surface area contributed by atoms with Crippen LogP contribution in [0.4, 0.5) is 8.78 Å². The molecule has 0 saturated heterocycles. The number of rotatable bonds is 3. The molecule has 0 saturated carbocycles. The fraction of sp³-hybridized carbons (Fsp3) is 0.455. The predicted octanol–water partition coefficient (Wildman–Crippen LogP) is 0.711. The molecule has 1 aliphatic heterocycles. The topological polar surface area (TPSA) is 84.9 Å². The van der Waals surface area contributed by atoms with Crippen LogP contribution in [0.15, 0.2) is 17.0 Å². The Labute approximate surface area is 119 Å². The highest BCUT2D eigenvalue weighted by atomic mass is 32.2. The average Bonchev–Trinajstić information content (AvgIpc) is 2.59. The summed E-state index contributed by atoms with van der Waals surface area (Å²) in [5.41, 5.74) is -0.0953. The Morgan fingerprint density at radius 3 is 2.55 bits per heavy atom. The second-order valence-corrected chi connectivity index (χ2v) is 5.72. The molecule has 2 rings (SSSR count). The molecule has 0 aromatic heterocycles. The van der Waals surface area contributed by atoms with Gasteiger partial charge in [-0.25, -0.2) is 0 Å².